The third-order valence-electron chi connectivity index (χ3n) is 6.34. The summed E-state index contributed by atoms with van der Waals surface area (Å²) in [5.41, 5.74) is 9.34. The van der Waals surface area contributed by atoms with Gasteiger partial charge >= 0.3 is 6.09 Å². The van der Waals surface area contributed by atoms with E-state index in [4.69, 9.17) is 14.9 Å². The van der Waals surface area contributed by atoms with Gasteiger partial charge in [-0.05, 0) is 93.2 Å². The Balaban J connectivity index is 1.66. The van der Waals surface area contributed by atoms with Crippen molar-refractivity contribution in [2.45, 2.75) is 72.4 Å². The molecule has 0 saturated heterocycles. The van der Waals surface area contributed by atoms with Crippen LogP contribution in [0.25, 0.3) is 22.3 Å². The normalized spacial score (nSPS) is 12.5. The standard InChI is InChI=1S/C30H35BrN4O4/c1-7-10-24-33-18(3)26(28(32)36)35(24)17(2)15-19-13-14-23-21(16-19)25(31)27(38-23)20-11-8-9-12-22(20)34-29(37)39-30(4,5)6/h8-9,11-14,16-17H,7,10,15H2,1-6H3,(H2,32,36)(H,34,37). The van der Waals surface area contributed by atoms with E-state index in [1.165, 1.54) is 0 Å². The second kappa shape index (κ2) is 11.3. The fourth-order valence-electron chi connectivity index (χ4n) is 4.83. The number of nitrogens with two attached hydrogens (primary N) is 1. The van der Waals surface area contributed by atoms with Crippen LogP contribution in [0.1, 0.15) is 74.7 Å². The van der Waals surface area contributed by atoms with Crippen LogP contribution in [0.4, 0.5) is 10.5 Å². The Hall–Kier alpha value is -3.59. The topological polar surface area (TPSA) is 112 Å². The molecule has 0 saturated carbocycles. The number of para-hydroxylation sites is 1. The zero-order valence-electron chi connectivity index (χ0n) is 23.2. The number of aromatic nitrogens is 2. The van der Waals surface area contributed by atoms with Gasteiger partial charge < -0.3 is 19.5 Å². The molecule has 4 aromatic rings. The number of carbonyl (C=O) groups is 2. The molecule has 2 aromatic carbocycles. The van der Waals surface area contributed by atoms with Crippen molar-refractivity contribution in [3.63, 3.8) is 0 Å². The monoisotopic (exact) mass is 594 g/mol. The number of benzene rings is 2. The Kier molecular flexibility index (Phi) is 8.20. The van der Waals surface area contributed by atoms with E-state index in [9.17, 15) is 9.59 Å². The number of ether oxygens (including phenoxy) is 1. The van der Waals surface area contributed by atoms with Crippen LogP contribution in [0.5, 0.6) is 0 Å². The highest BCUT2D eigenvalue weighted by atomic mass is 79.9. The van der Waals surface area contributed by atoms with Crippen molar-refractivity contribution in [1.82, 2.24) is 9.55 Å². The lowest BCUT2D eigenvalue weighted by Crippen LogP contribution is -2.27. The number of imidazole rings is 1. The minimum atomic E-state index is -0.614. The highest BCUT2D eigenvalue weighted by Gasteiger charge is 2.24. The second-order valence-corrected chi connectivity index (χ2v) is 11.5. The molecule has 8 nitrogen and oxygen atoms in total. The average Bonchev–Trinajstić information content (AvgIpc) is 3.35. The van der Waals surface area contributed by atoms with Crippen molar-refractivity contribution in [2.24, 2.45) is 5.73 Å². The molecule has 2 heterocycles. The van der Waals surface area contributed by atoms with Crippen molar-refractivity contribution in [2.75, 3.05) is 5.32 Å². The first-order valence-corrected chi connectivity index (χ1v) is 13.9. The molecular formula is C30H35BrN4O4. The molecule has 0 aliphatic heterocycles. The summed E-state index contributed by atoms with van der Waals surface area (Å²) in [6, 6.07) is 13.4. The minimum Gasteiger partial charge on any atom is -0.455 e. The van der Waals surface area contributed by atoms with Crippen molar-refractivity contribution in [3.8, 4) is 11.3 Å². The summed E-state index contributed by atoms with van der Waals surface area (Å²) in [7, 11) is 0. The SMILES string of the molecule is CCCc1nc(C)c(C(N)=O)n1C(C)Cc1ccc2oc(-c3ccccc3NC(=O)OC(C)(C)C)c(Br)c2c1. The first kappa shape index (κ1) is 28.4. The Morgan fingerprint density at radius 1 is 1.21 bits per heavy atom. The molecule has 1 unspecified atom stereocenters. The number of amides is 2. The fourth-order valence-corrected chi connectivity index (χ4v) is 5.43. The Morgan fingerprint density at radius 3 is 2.59 bits per heavy atom. The number of halogens is 1. The molecule has 0 radical (unpaired) electrons. The molecule has 0 spiro atoms. The van der Waals surface area contributed by atoms with Gasteiger partial charge in [0.2, 0.25) is 0 Å². The smallest absolute Gasteiger partial charge is 0.412 e. The number of hydrogen-bond donors (Lipinski definition) is 2. The lowest BCUT2D eigenvalue weighted by molar-refractivity contribution is 0.0635. The molecule has 39 heavy (non-hydrogen) atoms. The summed E-state index contributed by atoms with van der Waals surface area (Å²) < 4.78 is 14.4. The van der Waals surface area contributed by atoms with E-state index >= 15 is 0 Å². The summed E-state index contributed by atoms with van der Waals surface area (Å²) in [6.45, 7) is 11.5. The maximum atomic E-state index is 12.5. The van der Waals surface area contributed by atoms with Gasteiger partial charge in [0.1, 0.15) is 22.7 Å². The lowest BCUT2D eigenvalue weighted by Gasteiger charge is -2.20. The van der Waals surface area contributed by atoms with Gasteiger partial charge in [-0.15, -0.1) is 0 Å². The molecular weight excluding hydrogens is 560 g/mol. The molecule has 9 heteroatoms. The molecule has 2 amide bonds. The van der Waals surface area contributed by atoms with E-state index in [0.29, 0.717) is 34.8 Å². The van der Waals surface area contributed by atoms with Gasteiger partial charge in [0.05, 0.1) is 15.9 Å². The highest BCUT2D eigenvalue weighted by molar-refractivity contribution is 9.10. The third kappa shape index (κ3) is 6.19. The van der Waals surface area contributed by atoms with E-state index < -0.39 is 17.6 Å². The van der Waals surface area contributed by atoms with Gasteiger partial charge in [-0.2, -0.15) is 0 Å². The van der Waals surface area contributed by atoms with Gasteiger partial charge in [-0.1, -0.05) is 25.1 Å². The fraction of sp³-hybridized carbons (Fsp3) is 0.367. The minimum absolute atomic E-state index is 0.0309. The molecule has 2 aromatic heterocycles. The van der Waals surface area contributed by atoms with E-state index in [2.05, 4.69) is 46.1 Å². The zero-order valence-corrected chi connectivity index (χ0v) is 24.8. The van der Waals surface area contributed by atoms with Crippen LogP contribution < -0.4 is 11.1 Å². The zero-order chi connectivity index (χ0) is 28.5. The van der Waals surface area contributed by atoms with Crippen LogP contribution in [0.2, 0.25) is 0 Å². The van der Waals surface area contributed by atoms with Gasteiger partial charge in [-0.25, -0.2) is 9.78 Å². The van der Waals surface area contributed by atoms with Crippen LogP contribution in [0, 0.1) is 6.92 Å². The predicted molar refractivity (Wildman–Crippen MR) is 157 cm³/mol. The van der Waals surface area contributed by atoms with Crippen molar-refractivity contribution in [3.05, 3.63) is 69.7 Å². The third-order valence-corrected chi connectivity index (χ3v) is 7.12. The van der Waals surface area contributed by atoms with Gasteiger partial charge in [0, 0.05) is 23.4 Å². The van der Waals surface area contributed by atoms with E-state index in [0.717, 1.165) is 39.7 Å². The molecule has 0 fully saturated rings. The summed E-state index contributed by atoms with van der Waals surface area (Å²) >= 11 is 3.74. The number of rotatable bonds is 8. The van der Waals surface area contributed by atoms with Crippen molar-refractivity contribution < 1.29 is 18.7 Å². The van der Waals surface area contributed by atoms with Crippen LogP contribution >= 0.6 is 15.9 Å². The largest absolute Gasteiger partial charge is 0.455 e. The average molecular weight is 596 g/mol. The molecule has 0 aliphatic carbocycles. The summed E-state index contributed by atoms with van der Waals surface area (Å²) in [4.78, 5) is 29.3. The van der Waals surface area contributed by atoms with Gasteiger partial charge in [-0.3, -0.25) is 10.1 Å². The number of anilines is 1. The molecule has 1 atom stereocenters. The lowest BCUT2D eigenvalue weighted by atomic mass is 10.0. The number of hydrogen-bond acceptors (Lipinski definition) is 5. The van der Waals surface area contributed by atoms with E-state index in [1.54, 1.807) is 0 Å². The van der Waals surface area contributed by atoms with Crippen LogP contribution in [0.3, 0.4) is 0 Å². The maximum Gasteiger partial charge on any atom is 0.412 e. The first-order chi connectivity index (χ1) is 18.4. The van der Waals surface area contributed by atoms with Gasteiger partial charge in [0.25, 0.3) is 5.91 Å². The second-order valence-electron chi connectivity index (χ2n) is 10.7. The molecule has 206 valence electrons. The summed E-state index contributed by atoms with van der Waals surface area (Å²) in [6.07, 6.45) is 1.82. The van der Waals surface area contributed by atoms with Gasteiger partial charge in [0.15, 0.2) is 5.76 Å². The molecule has 4 rings (SSSR count). The number of primary amides is 1. The highest BCUT2D eigenvalue weighted by Crippen LogP contribution is 2.41. The number of furan rings is 1. The van der Waals surface area contributed by atoms with Crippen molar-refractivity contribution in [1.29, 1.82) is 0 Å². The van der Waals surface area contributed by atoms with Crippen LogP contribution in [-0.2, 0) is 17.6 Å². The number of nitrogens with one attached hydrogen (secondary N) is 1. The molecule has 0 bridgehead atoms. The Bertz CT molecular complexity index is 1530. The number of carbonyl (C=O) groups excluding carboxylic acids is 2. The number of aryl methyl sites for hydroxylation is 2. The van der Waals surface area contributed by atoms with E-state index in [-0.39, 0.29) is 6.04 Å². The van der Waals surface area contributed by atoms with Crippen molar-refractivity contribution >= 4 is 44.6 Å². The quantitative estimate of drug-likeness (QED) is 0.218. The number of nitrogens with zero attached hydrogens (tertiary/aromatic N) is 2. The predicted octanol–water partition coefficient (Wildman–Crippen LogP) is 7.57. The first-order valence-electron chi connectivity index (χ1n) is 13.1. The van der Waals surface area contributed by atoms with Crippen LogP contribution in [-0.4, -0.2) is 27.2 Å². The van der Waals surface area contributed by atoms with Crippen LogP contribution in [0.15, 0.2) is 51.4 Å². The Labute approximate surface area is 237 Å². The van der Waals surface area contributed by atoms with E-state index in [1.807, 2.05) is 68.7 Å². The maximum absolute atomic E-state index is 12.5. The Morgan fingerprint density at radius 2 is 1.92 bits per heavy atom. The summed E-state index contributed by atoms with van der Waals surface area (Å²) in [5, 5.41) is 3.75. The molecule has 0 aliphatic rings. The summed E-state index contributed by atoms with van der Waals surface area (Å²) in [5.74, 6) is 1.01. The number of fused-ring (bicyclic) bond motifs is 1. The molecule has 3 N–H and O–H groups in total.